The number of hydrogen-bond acceptors (Lipinski definition) is 2. The molecule has 0 fully saturated rings. The molecule has 0 aromatic carbocycles. The van der Waals surface area contributed by atoms with E-state index in [0.717, 1.165) is 0 Å². The van der Waals surface area contributed by atoms with E-state index in [1.165, 1.54) is 0 Å². The van der Waals surface area contributed by atoms with Gasteiger partial charge in [-0.2, -0.15) is 0 Å². The second-order valence-electron chi connectivity index (χ2n) is 2.79. The predicted octanol–water partition coefficient (Wildman–Crippen LogP) is 3.08. The van der Waals surface area contributed by atoms with Crippen molar-refractivity contribution in [2.24, 2.45) is 0 Å². The highest BCUT2D eigenvalue weighted by molar-refractivity contribution is 9.06. The molecule has 5 heteroatoms. The minimum absolute atomic E-state index is 0.628. The van der Waals surface area contributed by atoms with Crippen LogP contribution in [0.25, 0.3) is 0 Å². The molecule has 11 heavy (non-hydrogen) atoms. The molecule has 1 unspecified atom stereocenters. The van der Waals surface area contributed by atoms with Crippen molar-refractivity contribution in [3.63, 3.8) is 0 Å². The molecule has 0 amide bonds. The Morgan fingerprint density at radius 1 is 1.55 bits per heavy atom. The quantitative estimate of drug-likeness (QED) is 0.774. The lowest BCUT2D eigenvalue weighted by Gasteiger charge is -2.28. The molecule has 0 spiro atoms. The lowest BCUT2D eigenvalue weighted by molar-refractivity contribution is 0.351. The van der Waals surface area contributed by atoms with Gasteiger partial charge in [-0.15, -0.1) is 0 Å². The monoisotopic (exact) mass is 244 g/mol. The summed E-state index contributed by atoms with van der Waals surface area (Å²) in [7, 11) is -3.48. The zero-order valence-electron chi connectivity index (χ0n) is 7.00. The second kappa shape index (κ2) is 4.04. The average molecular weight is 245 g/mol. The van der Waals surface area contributed by atoms with Gasteiger partial charge in [0.05, 0.1) is 5.16 Å². The summed E-state index contributed by atoms with van der Waals surface area (Å²) in [4.78, 5) is 9.33. The van der Waals surface area contributed by atoms with Crippen LogP contribution in [-0.2, 0) is 8.18 Å². The van der Waals surface area contributed by atoms with E-state index in [4.69, 9.17) is 0 Å². The van der Waals surface area contributed by atoms with Gasteiger partial charge < -0.3 is 4.89 Å². The van der Waals surface area contributed by atoms with E-state index in [2.05, 4.69) is 19.9 Å². The van der Waals surface area contributed by atoms with Gasteiger partial charge in [0.1, 0.15) is 16.3 Å². The normalized spacial score (nSPS) is 17.9. The van der Waals surface area contributed by atoms with E-state index >= 15 is 0 Å². The molecule has 0 saturated heterocycles. The third kappa shape index (κ3) is 2.28. The third-order valence-corrected chi connectivity index (χ3v) is 5.66. The summed E-state index contributed by atoms with van der Waals surface area (Å²) in [6, 6.07) is 0. The van der Waals surface area contributed by atoms with Gasteiger partial charge in [-0.25, -0.2) is 3.62 Å². The lowest BCUT2D eigenvalue weighted by atomic mass is 10.1. The Morgan fingerprint density at radius 2 is 1.91 bits per heavy atom. The van der Waals surface area contributed by atoms with Crippen LogP contribution in [0.4, 0.5) is 0 Å². The summed E-state index contributed by atoms with van der Waals surface area (Å²) in [6.45, 7) is 5.49. The SMILES string of the molecule is CCC(C)(CC)P(=O)(O)OBr. The Bertz CT molecular complexity index is 167. The van der Waals surface area contributed by atoms with E-state index in [-0.39, 0.29) is 0 Å². The van der Waals surface area contributed by atoms with Crippen molar-refractivity contribution in [1.82, 2.24) is 0 Å². The molecule has 3 nitrogen and oxygen atoms in total. The first kappa shape index (κ1) is 11.6. The van der Waals surface area contributed by atoms with Crippen LogP contribution in [0.3, 0.4) is 0 Å². The Kier molecular flexibility index (Phi) is 4.27. The van der Waals surface area contributed by atoms with Gasteiger partial charge in [-0.1, -0.05) is 13.8 Å². The van der Waals surface area contributed by atoms with Crippen LogP contribution in [0.1, 0.15) is 33.6 Å². The molecular formula is C6H14BrO3P. The fourth-order valence-electron chi connectivity index (χ4n) is 0.733. The Labute approximate surface area is 76.1 Å². The fourth-order valence-corrected chi connectivity index (χ4v) is 2.75. The van der Waals surface area contributed by atoms with Gasteiger partial charge in [0.25, 0.3) is 0 Å². The van der Waals surface area contributed by atoms with Crippen molar-refractivity contribution < 1.29 is 13.1 Å². The van der Waals surface area contributed by atoms with Crippen LogP contribution in [0.2, 0.25) is 0 Å². The predicted molar refractivity (Wildman–Crippen MR) is 48.8 cm³/mol. The van der Waals surface area contributed by atoms with Crippen LogP contribution in [0, 0.1) is 0 Å². The zero-order valence-corrected chi connectivity index (χ0v) is 9.48. The maximum Gasteiger partial charge on any atom is 0.344 e. The summed E-state index contributed by atoms with van der Waals surface area (Å²) in [5.74, 6) is 0. The van der Waals surface area contributed by atoms with Crippen molar-refractivity contribution in [2.45, 2.75) is 38.8 Å². The average Bonchev–Trinajstić information content (AvgIpc) is 2.02. The molecule has 0 aromatic heterocycles. The van der Waals surface area contributed by atoms with E-state index in [0.29, 0.717) is 12.8 Å². The Morgan fingerprint density at radius 3 is 2.00 bits per heavy atom. The fraction of sp³-hybridized carbons (Fsp3) is 1.00. The van der Waals surface area contributed by atoms with E-state index in [1.807, 2.05) is 13.8 Å². The molecule has 1 N–H and O–H groups in total. The molecule has 1 atom stereocenters. The van der Waals surface area contributed by atoms with Crippen LogP contribution >= 0.6 is 23.9 Å². The van der Waals surface area contributed by atoms with Crippen molar-refractivity contribution in [1.29, 1.82) is 0 Å². The molecule has 0 aliphatic carbocycles. The molecule has 68 valence electrons. The number of hydrogen-bond donors (Lipinski definition) is 1. The van der Waals surface area contributed by atoms with Gasteiger partial charge in [-0.3, -0.25) is 4.57 Å². The Balaban J connectivity index is 4.62. The van der Waals surface area contributed by atoms with E-state index in [1.54, 1.807) is 6.92 Å². The topological polar surface area (TPSA) is 46.5 Å². The molecule has 0 saturated carbocycles. The second-order valence-corrected chi connectivity index (χ2v) is 5.92. The first-order valence-corrected chi connectivity index (χ1v) is 5.79. The molecule has 0 aliphatic heterocycles. The molecule has 0 bridgehead atoms. The first-order valence-electron chi connectivity index (χ1n) is 3.56. The maximum absolute atomic E-state index is 11.4. The highest BCUT2D eigenvalue weighted by Crippen LogP contribution is 2.59. The molecule has 0 heterocycles. The Hall–Kier alpha value is 0.630. The molecule has 0 radical (unpaired) electrons. The molecule has 0 rings (SSSR count). The number of halogens is 1. The summed E-state index contributed by atoms with van der Waals surface area (Å²) >= 11 is 2.58. The molecular weight excluding hydrogens is 231 g/mol. The van der Waals surface area contributed by atoms with E-state index in [9.17, 15) is 9.46 Å². The van der Waals surface area contributed by atoms with Gasteiger partial charge in [0.2, 0.25) is 0 Å². The van der Waals surface area contributed by atoms with Crippen LogP contribution in [0.5, 0.6) is 0 Å². The maximum atomic E-state index is 11.4. The molecule has 0 aliphatic rings. The summed E-state index contributed by atoms with van der Waals surface area (Å²) in [5, 5.41) is -0.628. The molecule has 0 aromatic rings. The van der Waals surface area contributed by atoms with Crippen molar-refractivity contribution in [2.75, 3.05) is 0 Å². The smallest absolute Gasteiger partial charge is 0.323 e. The van der Waals surface area contributed by atoms with Gasteiger partial charge >= 0.3 is 7.60 Å². The van der Waals surface area contributed by atoms with E-state index < -0.39 is 12.8 Å². The van der Waals surface area contributed by atoms with Crippen molar-refractivity contribution in [3.05, 3.63) is 0 Å². The van der Waals surface area contributed by atoms with Gasteiger partial charge in [-0.05, 0) is 19.8 Å². The summed E-state index contributed by atoms with van der Waals surface area (Å²) in [6.07, 6.45) is 1.26. The minimum atomic E-state index is -3.48. The standard InChI is InChI=1S/C6H14BrO3P/c1-4-6(3,5-2)11(8,9)10-7/h4-5H2,1-3H3,(H,8,9). The first-order chi connectivity index (χ1) is 4.93. The summed E-state index contributed by atoms with van der Waals surface area (Å²) in [5.41, 5.74) is 0. The lowest BCUT2D eigenvalue weighted by Crippen LogP contribution is -2.22. The summed E-state index contributed by atoms with van der Waals surface area (Å²) < 4.78 is 15.8. The van der Waals surface area contributed by atoms with Crippen LogP contribution in [0.15, 0.2) is 0 Å². The van der Waals surface area contributed by atoms with Crippen molar-refractivity contribution >= 4 is 23.9 Å². The van der Waals surface area contributed by atoms with Gasteiger partial charge in [0.15, 0.2) is 0 Å². The number of rotatable bonds is 4. The van der Waals surface area contributed by atoms with Crippen LogP contribution in [-0.4, -0.2) is 10.0 Å². The highest BCUT2D eigenvalue weighted by Gasteiger charge is 2.41. The van der Waals surface area contributed by atoms with Gasteiger partial charge in [0, 0.05) is 0 Å². The highest BCUT2D eigenvalue weighted by atomic mass is 79.9. The largest absolute Gasteiger partial charge is 0.344 e. The zero-order chi connectivity index (χ0) is 9.12. The minimum Gasteiger partial charge on any atom is -0.323 e. The third-order valence-electron chi connectivity index (χ3n) is 2.30. The van der Waals surface area contributed by atoms with Crippen molar-refractivity contribution in [3.8, 4) is 0 Å². The van der Waals surface area contributed by atoms with Crippen LogP contribution < -0.4 is 0 Å².